The smallest absolute Gasteiger partial charge is 0.323 e. The molecule has 28 heavy (non-hydrogen) atoms. The fourth-order valence-electron chi connectivity index (χ4n) is 2.79. The first kappa shape index (κ1) is 21.5. The summed E-state index contributed by atoms with van der Waals surface area (Å²) in [6.07, 6.45) is 0.823. The van der Waals surface area contributed by atoms with Crippen LogP contribution in [0.1, 0.15) is 38.3 Å². The van der Waals surface area contributed by atoms with E-state index in [4.69, 9.17) is 14.2 Å². The van der Waals surface area contributed by atoms with E-state index in [1.807, 2.05) is 54.6 Å². The van der Waals surface area contributed by atoms with Gasteiger partial charge >= 0.3 is 11.9 Å². The lowest BCUT2D eigenvalue weighted by atomic mass is 9.84. The summed E-state index contributed by atoms with van der Waals surface area (Å²) in [6, 6.07) is 17.6. The summed E-state index contributed by atoms with van der Waals surface area (Å²) in [5.41, 5.74) is 0.739. The minimum absolute atomic E-state index is 0.219. The largest absolute Gasteiger partial charge is 0.489 e. The van der Waals surface area contributed by atoms with Crippen molar-refractivity contribution in [3.8, 4) is 5.75 Å². The Bertz CT molecular complexity index is 752. The lowest BCUT2D eigenvalue weighted by molar-refractivity contribution is -0.171. The summed E-state index contributed by atoms with van der Waals surface area (Å²) in [5.74, 6) is -0.356. The summed E-state index contributed by atoms with van der Waals surface area (Å²) < 4.78 is 16.1. The summed E-state index contributed by atoms with van der Waals surface area (Å²) in [7, 11) is 0. The molecule has 0 aromatic heterocycles. The van der Waals surface area contributed by atoms with Crippen LogP contribution in [0.2, 0.25) is 0 Å². The summed E-state index contributed by atoms with van der Waals surface area (Å²) in [4.78, 5) is 24.8. The van der Waals surface area contributed by atoms with Gasteiger partial charge in [-0.3, -0.25) is 9.59 Å². The zero-order valence-electron chi connectivity index (χ0n) is 16.8. The minimum atomic E-state index is -1.33. The van der Waals surface area contributed by atoms with Crippen molar-refractivity contribution in [1.82, 2.24) is 0 Å². The van der Waals surface area contributed by atoms with Crippen molar-refractivity contribution >= 4 is 11.9 Å². The van der Waals surface area contributed by atoms with Crippen LogP contribution < -0.4 is 4.74 Å². The maximum atomic E-state index is 12.4. The van der Waals surface area contributed by atoms with Crippen molar-refractivity contribution in [1.29, 1.82) is 0 Å². The van der Waals surface area contributed by atoms with E-state index in [1.165, 1.54) is 0 Å². The van der Waals surface area contributed by atoms with Crippen molar-refractivity contribution in [3.05, 3.63) is 65.7 Å². The number of hydrogen-bond acceptors (Lipinski definition) is 5. The third-order valence-electron chi connectivity index (χ3n) is 4.51. The maximum Gasteiger partial charge on any atom is 0.323 e. The van der Waals surface area contributed by atoms with Crippen LogP contribution in [0, 0.1) is 5.41 Å². The Kier molecular flexibility index (Phi) is 8.05. The molecule has 0 bridgehead atoms. The molecule has 2 aromatic carbocycles. The van der Waals surface area contributed by atoms with Crippen LogP contribution in [0.3, 0.4) is 0 Å². The molecule has 0 saturated heterocycles. The fraction of sp³-hybridized carbons (Fsp3) is 0.391. The second kappa shape index (κ2) is 10.5. The molecular formula is C23H28O5. The molecule has 0 heterocycles. The second-order valence-corrected chi connectivity index (χ2v) is 6.69. The topological polar surface area (TPSA) is 61.8 Å². The highest BCUT2D eigenvalue weighted by Crippen LogP contribution is 2.28. The van der Waals surface area contributed by atoms with E-state index >= 15 is 0 Å². The van der Waals surface area contributed by atoms with Gasteiger partial charge in [0.05, 0.1) is 13.2 Å². The molecule has 0 atom stereocenters. The molecule has 0 radical (unpaired) electrons. The quantitative estimate of drug-likeness (QED) is 0.451. The Morgan fingerprint density at radius 1 is 0.857 bits per heavy atom. The highest BCUT2D eigenvalue weighted by Gasteiger charge is 2.43. The molecule has 0 aliphatic heterocycles. The normalized spacial score (nSPS) is 11.0. The van der Waals surface area contributed by atoms with Crippen LogP contribution in [-0.4, -0.2) is 25.2 Å². The standard InChI is InChI=1S/C23H28O5/c1-4-26-21(24)23(3,22(25)27-5-2)15-14-18-12-9-13-20(16-18)28-17-19-10-7-6-8-11-19/h6-13,16H,4-5,14-15,17H2,1-3H3. The fourth-order valence-corrected chi connectivity index (χ4v) is 2.79. The van der Waals surface area contributed by atoms with E-state index < -0.39 is 17.4 Å². The van der Waals surface area contributed by atoms with E-state index in [-0.39, 0.29) is 13.2 Å². The Labute approximate surface area is 166 Å². The number of carbonyl (C=O) groups excluding carboxylic acids is 2. The maximum absolute atomic E-state index is 12.4. The molecule has 0 N–H and O–H groups in total. The first-order valence-corrected chi connectivity index (χ1v) is 9.59. The van der Waals surface area contributed by atoms with Crippen LogP contribution in [0.25, 0.3) is 0 Å². The third kappa shape index (κ3) is 5.84. The second-order valence-electron chi connectivity index (χ2n) is 6.69. The number of carbonyl (C=O) groups is 2. The van der Waals surface area contributed by atoms with Gasteiger partial charge in [-0.1, -0.05) is 42.5 Å². The Morgan fingerprint density at radius 3 is 2.07 bits per heavy atom. The van der Waals surface area contributed by atoms with Gasteiger partial charge in [-0.15, -0.1) is 0 Å². The van der Waals surface area contributed by atoms with Gasteiger partial charge in [0.25, 0.3) is 0 Å². The zero-order chi connectivity index (χ0) is 20.4. The molecule has 2 rings (SSSR count). The molecule has 0 unspecified atom stereocenters. The molecule has 150 valence electrons. The van der Waals surface area contributed by atoms with E-state index in [0.717, 1.165) is 16.9 Å². The first-order valence-electron chi connectivity index (χ1n) is 9.59. The van der Waals surface area contributed by atoms with E-state index in [0.29, 0.717) is 19.4 Å². The molecule has 0 saturated carbocycles. The highest BCUT2D eigenvalue weighted by molar-refractivity contribution is 5.99. The molecular weight excluding hydrogens is 356 g/mol. The van der Waals surface area contributed by atoms with E-state index in [9.17, 15) is 9.59 Å². The minimum Gasteiger partial charge on any atom is -0.489 e. The van der Waals surface area contributed by atoms with Crippen molar-refractivity contribution in [2.45, 2.75) is 40.2 Å². The molecule has 5 heteroatoms. The van der Waals surface area contributed by atoms with Crippen LogP contribution >= 0.6 is 0 Å². The predicted octanol–water partition coefficient (Wildman–Crippen LogP) is 4.33. The van der Waals surface area contributed by atoms with Gasteiger partial charge in [-0.05, 0) is 56.9 Å². The van der Waals surface area contributed by atoms with Gasteiger partial charge < -0.3 is 14.2 Å². The van der Waals surface area contributed by atoms with Gasteiger partial charge in [0, 0.05) is 0 Å². The van der Waals surface area contributed by atoms with Gasteiger partial charge in [0.15, 0.2) is 5.41 Å². The third-order valence-corrected chi connectivity index (χ3v) is 4.51. The average molecular weight is 384 g/mol. The molecule has 2 aromatic rings. The zero-order valence-corrected chi connectivity index (χ0v) is 16.8. The number of esters is 2. The Hall–Kier alpha value is -2.82. The van der Waals surface area contributed by atoms with Crippen molar-refractivity contribution < 1.29 is 23.8 Å². The van der Waals surface area contributed by atoms with Crippen LogP contribution in [0.15, 0.2) is 54.6 Å². The number of benzene rings is 2. The van der Waals surface area contributed by atoms with E-state index in [1.54, 1.807) is 20.8 Å². The van der Waals surface area contributed by atoms with Crippen LogP contribution in [-0.2, 0) is 32.1 Å². The molecule has 5 nitrogen and oxygen atoms in total. The van der Waals surface area contributed by atoms with Crippen molar-refractivity contribution in [2.75, 3.05) is 13.2 Å². The van der Waals surface area contributed by atoms with Gasteiger partial charge in [0.1, 0.15) is 12.4 Å². The van der Waals surface area contributed by atoms with Crippen LogP contribution in [0.5, 0.6) is 5.75 Å². The summed E-state index contributed by atoms with van der Waals surface area (Å²) >= 11 is 0. The van der Waals surface area contributed by atoms with Crippen molar-refractivity contribution in [3.63, 3.8) is 0 Å². The Balaban J connectivity index is 2.04. The van der Waals surface area contributed by atoms with Gasteiger partial charge in [-0.2, -0.15) is 0 Å². The average Bonchev–Trinajstić information content (AvgIpc) is 2.72. The number of rotatable bonds is 10. The molecule has 0 fully saturated rings. The number of ether oxygens (including phenoxy) is 3. The highest BCUT2D eigenvalue weighted by atomic mass is 16.6. The molecule has 0 spiro atoms. The monoisotopic (exact) mass is 384 g/mol. The lowest BCUT2D eigenvalue weighted by Gasteiger charge is -2.25. The molecule has 0 aliphatic carbocycles. The summed E-state index contributed by atoms with van der Waals surface area (Å²) in [5, 5.41) is 0. The van der Waals surface area contributed by atoms with Gasteiger partial charge in [-0.25, -0.2) is 0 Å². The van der Waals surface area contributed by atoms with E-state index in [2.05, 4.69) is 0 Å². The number of aryl methyl sites for hydroxylation is 1. The Morgan fingerprint density at radius 2 is 1.46 bits per heavy atom. The van der Waals surface area contributed by atoms with Gasteiger partial charge in [0.2, 0.25) is 0 Å². The predicted molar refractivity (Wildman–Crippen MR) is 107 cm³/mol. The van der Waals surface area contributed by atoms with Crippen LogP contribution in [0.4, 0.5) is 0 Å². The summed E-state index contributed by atoms with van der Waals surface area (Å²) in [6.45, 7) is 5.94. The molecule has 0 aliphatic rings. The lowest BCUT2D eigenvalue weighted by Crippen LogP contribution is -2.40. The SMILES string of the molecule is CCOC(=O)C(C)(CCc1cccc(OCc2ccccc2)c1)C(=O)OCC. The first-order chi connectivity index (χ1) is 13.5. The number of hydrogen-bond donors (Lipinski definition) is 0. The van der Waals surface area contributed by atoms with Crippen molar-refractivity contribution in [2.24, 2.45) is 5.41 Å². The molecule has 0 amide bonds.